The van der Waals surface area contributed by atoms with Gasteiger partial charge < -0.3 is 0 Å². The van der Waals surface area contributed by atoms with Gasteiger partial charge in [-0.05, 0) is 62.7 Å². The third-order valence-electron chi connectivity index (χ3n) is 6.76. The zero-order valence-electron chi connectivity index (χ0n) is 15.1. The fourth-order valence-electron chi connectivity index (χ4n) is 5.04. The molecule has 2 aliphatic rings. The van der Waals surface area contributed by atoms with Gasteiger partial charge in [-0.25, -0.2) is 0 Å². The minimum atomic E-state index is 0.0465. The number of rotatable bonds is 7. The van der Waals surface area contributed by atoms with Crippen molar-refractivity contribution in [1.29, 1.82) is 5.26 Å². The van der Waals surface area contributed by atoms with Crippen molar-refractivity contribution >= 4 is 0 Å². The SMILES string of the molecule is CCCCC1CCC([C@H]2CC[C@](C#N)(CCCC)CC2)CC1. The number of nitrogens with zero attached hydrogens (tertiary/aromatic N) is 1. The quantitative estimate of drug-likeness (QED) is 0.503. The first kappa shape index (κ1) is 17.8. The fraction of sp³-hybridized carbons (Fsp3) is 0.952. The van der Waals surface area contributed by atoms with Crippen molar-refractivity contribution in [3.05, 3.63) is 0 Å². The first-order chi connectivity index (χ1) is 10.7. The second kappa shape index (κ2) is 8.95. The zero-order chi connectivity index (χ0) is 15.8. The van der Waals surface area contributed by atoms with E-state index in [9.17, 15) is 5.26 Å². The van der Waals surface area contributed by atoms with Gasteiger partial charge in [0.2, 0.25) is 0 Å². The first-order valence-electron chi connectivity index (χ1n) is 10.1. The molecule has 0 aliphatic heterocycles. The van der Waals surface area contributed by atoms with Crippen LogP contribution in [0.2, 0.25) is 0 Å². The molecule has 0 spiro atoms. The fourth-order valence-corrected chi connectivity index (χ4v) is 5.04. The van der Waals surface area contributed by atoms with Crippen LogP contribution in [-0.2, 0) is 0 Å². The highest BCUT2D eigenvalue weighted by Gasteiger charge is 2.38. The zero-order valence-corrected chi connectivity index (χ0v) is 15.1. The molecule has 0 N–H and O–H groups in total. The van der Waals surface area contributed by atoms with Crippen LogP contribution in [0, 0.1) is 34.5 Å². The molecule has 0 amide bonds. The third-order valence-corrected chi connectivity index (χ3v) is 6.76. The molecule has 0 heterocycles. The summed E-state index contributed by atoms with van der Waals surface area (Å²) in [5.41, 5.74) is 0.0465. The number of unbranched alkanes of at least 4 members (excludes halogenated alkanes) is 2. The highest BCUT2D eigenvalue weighted by molar-refractivity contribution is 5.02. The Morgan fingerprint density at radius 3 is 2.00 bits per heavy atom. The maximum Gasteiger partial charge on any atom is 0.0689 e. The van der Waals surface area contributed by atoms with Gasteiger partial charge in [-0.2, -0.15) is 5.26 Å². The summed E-state index contributed by atoms with van der Waals surface area (Å²) in [5.74, 6) is 2.96. The number of hydrogen-bond acceptors (Lipinski definition) is 1. The summed E-state index contributed by atoms with van der Waals surface area (Å²) in [6, 6.07) is 2.71. The summed E-state index contributed by atoms with van der Waals surface area (Å²) >= 11 is 0. The second-order valence-corrected chi connectivity index (χ2v) is 8.26. The van der Waals surface area contributed by atoms with Crippen LogP contribution in [0.25, 0.3) is 0 Å². The van der Waals surface area contributed by atoms with Crippen LogP contribution >= 0.6 is 0 Å². The van der Waals surface area contributed by atoms with Gasteiger partial charge in [-0.1, -0.05) is 58.8 Å². The summed E-state index contributed by atoms with van der Waals surface area (Å²) in [7, 11) is 0. The van der Waals surface area contributed by atoms with Crippen molar-refractivity contribution in [3.8, 4) is 6.07 Å². The Bertz CT molecular complexity index is 337. The summed E-state index contributed by atoms with van der Waals surface area (Å²) in [6.07, 6.45) is 18.9. The number of nitriles is 1. The smallest absolute Gasteiger partial charge is 0.0689 e. The van der Waals surface area contributed by atoms with E-state index in [0.717, 1.165) is 24.2 Å². The standard InChI is InChI=1S/C21H37N/c1-3-5-7-18-8-10-19(11-9-18)20-12-15-21(17-22,16-13-20)14-6-4-2/h18-20H,3-16H2,1-2H3/t18?,19?,20-,21+. The van der Waals surface area contributed by atoms with Gasteiger partial charge in [-0.3, -0.25) is 0 Å². The van der Waals surface area contributed by atoms with Crippen molar-refractivity contribution in [2.45, 2.75) is 104 Å². The molecule has 2 fully saturated rings. The predicted molar refractivity (Wildman–Crippen MR) is 94.5 cm³/mol. The van der Waals surface area contributed by atoms with Gasteiger partial charge >= 0.3 is 0 Å². The molecule has 1 heteroatoms. The molecule has 22 heavy (non-hydrogen) atoms. The van der Waals surface area contributed by atoms with Crippen molar-refractivity contribution in [1.82, 2.24) is 0 Å². The van der Waals surface area contributed by atoms with Crippen LogP contribution in [0.4, 0.5) is 0 Å². The maximum absolute atomic E-state index is 9.63. The van der Waals surface area contributed by atoms with Crippen molar-refractivity contribution in [2.75, 3.05) is 0 Å². The molecule has 0 radical (unpaired) electrons. The molecule has 0 unspecified atom stereocenters. The lowest BCUT2D eigenvalue weighted by molar-refractivity contribution is 0.115. The molecular formula is C21H37N. The van der Waals surface area contributed by atoms with E-state index in [1.54, 1.807) is 0 Å². The molecule has 2 rings (SSSR count). The van der Waals surface area contributed by atoms with Gasteiger partial charge in [0.25, 0.3) is 0 Å². The third kappa shape index (κ3) is 4.74. The summed E-state index contributed by atoms with van der Waals surface area (Å²) in [6.45, 7) is 4.56. The first-order valence-corrected chi connectivity index (χ1v) is 10.1. The van der Waals surface area contributed by atoms with Gasteiger partial charge in [0.05, 0.1) is 11.5 Å². The average molecular weight is 304 g/mol. The van der Waals surface area contributed by atoms with E-state index >= 15 is 0 Å². The van der Waals surface area contributed by atoms with Gasteiger partial charge in [0.1, 0.15) is 0 Å². The topological polar surface area (TPSA) is 23.8 Å². The predicted octanol–water partition coefficient (Wildman–Crippen LogP) is 6.87. The molecule has 0 atom stereocenters. The van der Waals surface area contributed by atoms with Crippen LogP contribution in [0.3, 0.4) is 0 Å². The summed E-state index contributed by atoms with van der Waals surface area (Å²) in [4.78, 5) is 0. The average Bonchev–Trinajstić information content (AvgIpc) is 2.59. The van der Waals surface area contributed by atoms with Crippen LogP contribution in [0.5, 0.6) is 0 Å². The monoisotopic (exact) mass is 303 g/mol. The van der Waals surface area contributed by atoms with Crippen LogP contribution in [0.1, 0.15) is 104 Å². The second-order valence-electron chi connectivity index (χ2n) is 8.26. The Kier molecular flexibility index (Phi) is 7.26. The van der Waals surface area contributed by atoms with E-state index in [4.69, 9.17) is 0 Å². The summed E-state index contributed by atoms with van der Waals surface area (Å²) < 4.78 is 0. The molecule has 0 bridgehead atoms. The lowest BCUT2D eigenvalue weighted by Crippen LogP contribution is -2.31. The Morgan fingerprint density at radius 1 is 0.864 bits per heavy atom. The van der Waals surface area contributed by atoms with E-state index < -0.39 is 0 Å². The molecule has 0 aromatic heterocycles. The van der Waals surface area contributed by atoms with Crippen molar-refractivity contribution in [2.24, 2.45) is 23.2 Å². The summed E-state index contributed by atoms with van der Waals surface area (Å²) in [5, 5.41) is 9.63. The molecule has 0 saturated heterocycles. The molecule has 1 nitrogen and oxygen atoms in total. The highest BCUT2D eigenvalue weighted by atomic mass is 14.4. The Balaban J connectivity index is 1.74. The van der Waals surface area contributed by atoms with Crippen LogP contribution in [0.15, 0.2) is 0 Å². The highest BCUT2D eigenvalue weighted by Crippen LogP contribution is 2.47. The van der Waals surface area contributed by atoms with Gasteiger partial charge in [-0.15, -0.1) is 0 Å². The van der Waals surface area contributed by atoms with Crippen LogP contribution in [-0.4, -0.2) is 0 Å². The molecule has 2 saturated carbocycles. The molecular weight excluding hydrogens is 266 g/mol. The minimum absolute atomic E-state index is 0.0465. The van der Waals surface area contributed by atoms with E-state index in [1.165, 1.54) is 83.5 Å². The molecule has 126 valence electrons. The van der Waals surface area contributed by atoms with Crippen molar-refractivity contribution < 1.29 is 0 Å². The lowest BCUT2D eigenvalue weighted by atomic mass is 9.63. The van der Waals surface area contributed by atoms with Gasteiger partial charge in [0.15, 0.2) is 0 Å². The maximum atomic E-state index is 9.63. The molecule has 0 aromatic rings. The van der Waals surface area contributed by atoms with E-state index in [-0.39, 0.29) is 5.41 Å². The number of hydrogen-bond donors (Lipinski definition) is 0. The normalized spacial score (nSPS) is 36.0. The molecule has 0 aromatic carbocycles. The van der Waals surface area contributed by atoms with E-state index in [2.05, 4.69) is 19.9 Å². The van der Waals surface area contributed by atoms with E-state index in [0.29, 0.717) is 0 Å². The van der Waals surface area contributed by atoms with E-state index in [1.807, 2.05) is 0 Å². The Hall–Kier alpha value is -0.510. The lowest BCUT2D eigenvalue weighted by Gasteiger charge is -2.40. The minimum Gasteiger partial charge on any atom is -0.198 e. The Labute approximate surface area is 138 Å². The van der Waals surface area contributed by atoms with Gasteiger partial charge in [0, 0.05) is 0 Å². The van der Waals surface area contributed by atoms with Crippen molar-refractivity contribution in [3.63, 3.8) is 0 Å². The Morgan fingerprint density at radius 2 is 1.45 bits per heavy atom. The largest absolute Gasteiger partial charge is 0.198 e. The van der Waals surface area contributed by atoms with Crippen LogP contribution < -0.4 is 0 Å². The molecule has 2 aliphatic carbocycles.